The molecule has 39 heavy (non-hydrogen) atoms. The zero-order valence-electron chi connectivity index (χ0n) is 22.6. The first-order valence-electron chi connectivity index (χ1n) is 14.2. The average molecular weight is 526 g/mol. The lowest BCUT2D eigenvalue weighted by molar-refractivity contribution is -0.137. The molecular weight excluding hydrogens is 489 g/mol. The molecule has 2 saturated heterocycles. The number of carbonyl (C=O) groups excluding carboxylic acids is 1. The molecule has 0 saturated carbocycles. The normalized spacial score (nSPS) is 17.2. The number of piperazine rings is 1. The minimum Gasteiger partial charge on any atom is -0.368 e. The van der Waals surface area contributed by atoms with E-state index in [2.05, 4.69) is 56.5 Å². The van der Waals surface area contributed by atoms with Crippen LogP contribution in [-0.4, -0.2) is 64.5 Å². The van der Waals surface area contributed by atoms with Gasteiger partial charge in [0.15, 0.2) is 0 Å². The van der Waals surface area contributed by atoms with Gasteiger partial charge in [0, 0.05) is 43.5 Å². The third-order valence-corrected chi connectivity index (χ3v) is 8.32. The van der Waals surface area contributed by atoms with E-state index in [1.54, 1.807) is 12.1 Å². The summed E-state index contributed by atoms with van der Waals surface area (Å²) in [6.07, 6.45) is 2.79. The Morgan fingerprint density at radius 1 is 0.846 bits per heavy atom. The topological polar surface area (TPSA) is 44.6 Å². The van der Waals surface area contributed by atoms with Gasteiger partial charge in [-0.1, -0.05) is 31.2 Å². The number of halogens is 1. The lowest BCUT2D eigenvalue weighted by Gasteiger charge is -2.39. The number of anilines is 1. The second-order valence-electron chi connectivity index (χ2n) is 10.7. The first kappa shape index (κ1) is 25.6. The van der Waals surface area contributed by atoms with Crippen LogP contribution in [0.1, 0.15) is 31.2 Å². The van der Waals surface area contributed by atoms with Gasteiger partial charge < -0.3 is 9.80 Å². The Kier molecular flexibility index (Phi) is 7.33. The fourth-order valence-corrected chi connectivity index (χ4v) is 5.98. The SMILES string of the molecule is CCc1ccc(N2CCN(C(=O)C3CCN(Cc4nc5ccccc5n4-c4ccc(F)cc4)CC3)CC2)cc1. The first-order valence-corrected chi connectivity index (χ1v) is 14.2. The molecule has 0 unspecified atom stereocenters. The van der Waals surface area contributed by atoms with Crippen molar-refractivity contribution in [2.75, 3.05) is 44.2 Å². The van der Waals surface area contributed by atoms with Gasteiger partial charge >= 0.3 is 0 Å². The number of benzene rings is 3. The number of nitrogens with zero attached hydrogens (tertiary/aromatic N) is 5. The van der Waals surface area contributed by atoms with E-state index in [0.717, 1.165) is 81.1 Å². The van der Waals surface area contributed by atoms with Gasteiger partial charge in [0.1, 0.15) is 11.6 Å². The third-order valence-electron chi connectivity index (χ3n) is 8.32. The lowest BCUT2D eigenvalue weighted by Crippen LogP contribution is -2.51. The van der Waals surface area contributed by atoms with Gasteiger partial charge in [-0.15, -0.1) is 0 Å². The molecule has 0 spiro atoms. The summed E-state index contributed by atoms with van der Waals surface area (Å²) in [5.41, 5.74) is 5.46. The number of piperidine rings is 1. The smallest absolute Gasteiger partial charge is 0.225 e. The summed E-state index contributed by atoms with van der Waals surface area (Å²) in [7, 11) is 0. The molecule has 6 rings (SSSR count). The molecule has 0 N–H and O–H groups in total. The zero-order valence-corrected chi connectivity index (χ0v) is 22.6. The van der Waals surface area contributed by atoms with Crippen LogP contribution in [0.25, 0.3) is 16.7 Å². The number of likely N-dealkylation sites (tertiary alicyclic amines) is 1. The van der Waals surface area contributed by atoms with Crippen molar-refractivity contribution in [2.24, 2.45) is 5.92 Å². The second kappa shape index (κ2) is 11.2. The summed E-state index contributed by atoms with van der Waals surface area (Å²) >= 11 is 0. The Morgan fingerprint density at radius 3 is 2.21 bits per heavy atom. The van der Waals surface area contributed by atoms with Crippen LogP contribution >= 0.6 is 0 Å². The van der Waals surface area contributed by atoms with Crippen molar-refractivity contribution < 1.29 is 9.18 Å². The number of para-hydroxylation sites is 2. The van der Waals surface area contributed by atoms with Gasteiger partial charge in [0.2, 0.25) is 5.91 Å². The van der Waals surface area contributed by atoms with Gasteiger partial charge in [-0.25, -0.2) is 9.37 Å². The number of aromatic nitrogens is 2. The summed E-state index contributed by atoms with van der Waals surface area (Å²) in [6, 6.07) is 23.5. The molecule has 1 amide bonds. The fraction of sp³-hybridized carbons (Fsp3) is 0.375. The van der Waals surface area contributed by atoms with Crippen molar-refractivity contribution in [3.63, 3.8) is 0 Å². The number of hydrogen-bond donors (Lipinski definition) is 0. The van der Waals surface area contributed by atoms with Crippen LogP contribution in [0.5, 0.6) is 0 Å². The minimum atomic E-state index is -0.247. The van der Waals surface area contributed by atoms with Gasteiger partial charge in [0.05, 0.1) is 17.6 Å². The highest BCUT2D eigenvalue weighted by Crippen LogP contribution is 2.26. The second-order valence-corrected chi connectivity index (χ2v) is 10.7. The molecule has 0 aliphatic carbocycles. The van der Waals surface area contributed by atoms with Crippen molar-refractivity contribution in [2.45, 2.75) is 32.7 Å². The molecule has 6 nitrogen and oxygen atoms in total. The van der Waals surface area contributed by atoms with Crippen LogP contribution in [0.3, 0.4) is 0 Å². The third kappa shape index (κ3) is 5.41. The molecule has 1 aromatic heterocycles. The van der Waals surface area contributed by atoms with Crippen LogP contribution in [-0.2, 0) is 17.8 Å². The summed E-state index contributed by atoms with van der Waals surface area (Å²) < 4.78 is 15.7. The quantitative estimate of drug-likeness (QED) is 0.343. The number of amides is 1. The number of imidazole rings is 1. The fourth-order valence-electron chi connectivity index (χ4n) is 5.98. The number of aryl methyl sites for hydroxylation is 1. The Balaban J connectivity index is 1.06. The van der Waals surface area contributed by atoms with E-state index >= 15 is 0 Å². The first-order chi connectivity index (χ1) is 19.1. The number of hydrogen-bond acceptors (Lipinski definition) is 4. The lowest BCUT2D eigenvalue weighted by atomic mass is 9.95. The van der Waals surface area contributed by atoms with Crippen molar-refractivity contribution in [3.05, 3.63) is 90.0 Å². The zero-order chi connectivity index (χ0) is 26.8. The predicted molar refractivity (Wildman–Crippen MR) is 154 cm³/mol. The van der Waals surface area contributed by atoms with Crippen LogP contribution in [0.2, 0.25) is 0 Å². The van der Waals surface area contributed by atoms with E-state index in [0.29, 0.717) is 12.5 Å². The predicted octanol–water partition coefficient (Wildman–Crippen LogP) is 5.29. The van der Waals surface area contributed by atoms with Crippen molar-refractivity contribution >= 4 is 22.6 Å². The molecule has 2 aliphatic heterocycles. The van der Waals surface area contributed by atoms with E-state index in [4.69, 9.17) is 4.98 Å². The molecule has 4 aromatic rings. The molecule has 202 valence electrons. The van der Waals surface area contributed by atoms with Crippen LogP contribution in [0.4, 0.5) is 10.1 Å². The van der Waals surface area contributed by atoms with Crippen LogP contribution in [0, 0.1) is 11.7 Å². The van der Waals surface area contributed by atoms with Gasteiger partial charge in [0.25, 0.3) is 0 Å². The van der Waals surface area contributed by atoms with Crippen LogP contribution in [0.15, 0.2) is 72.8 Å². The minimum absolute atomic E-state index is 0.0903. The van der Waals surface area contributed by atoms with Crippen molar-refractivity contribution in [3.8, 4) is 5.69 Å². The molecule has 0 radical (unpaired) electrons. The molecule has 7 heteroatoms. The maximum absolute atomic E-state index is 13.6. The largest absolute Gasteiger partial charge is 0.368 e. The summed E-state index contributed by atoms with van der Waals surface area (Å²) in [4.78, 5) is 25.1. The molecule has 3 heterocycles. The summed E-state index contributed by atoms with van der Waals surface area (Å²) in [5.74, 6) is 1.10. The highest BCUT2D eigenvalue weighted by molar-refractivity contribution is 5.79. The van der Waals surface area contributed by atoms with Crippen molar-refractivity contribution in [1.29, 1.82) is 0 Å². The molecular formula is C32H36FN5O. The number of fused-ring (bicyclic) bond motifs is 1. The van der Waals surface area contributed by atoms with E-state index < -0.39 is 0 Å². The molecule has 2 aliphatic rings. The Hall–Kier alpha value is -3.71. The van der Waals surface area contributed by atoms with Crippen molar-refractivity contribution in [1.82, 2.24) is 19.4 Å². The molecule has 3 aromatic carbocycles. The van der Waals surface area contributed by atoms with Gasteiger partial charge in [-0.05, 0) is 86.4 Å². The Bertz CT molecular complexity index is 1420. The number of rotatable bonds is 6. The summed E-state index contributed by atoms with van der Waals surface area (Å²) in [6.45, 7) is 7.95. The highest BCUT2D eigenvalue weighted by Gasteiger charge is 2.31. The van der Waals surface area contributed by atoms with E-state index in [1.807, 2.05) is 18.2 Å². The highest BCUT2D eigenvalue weighted by atomic mass is 19.1. The Labute approximate surface area is 229 Å². The maximum atomic E-state index is 13.6. The molecule has 0 atom stereocenters. The molecule has 2 fully saturated rings. The summed E-state index contributed by atoms with van der Waals surface area (Å²) in [5, 5.41) is 0. The molecule has 0 bridgehead atoms. The Morgan fingerprint density at radius 2 is 1.51 bits per heavy atom. The van der Waals surface area contributed by atoms with Gasteiger partial charge in [-0.3, -0.25) is 14.3 Å². The van der Waals surface area contributed by atoms with E-state index in [1.165, 1.54) is 23.4 Å². The maximum Gasteiger partial charge on any atom is 0.225 e. The van der Waals surface area contributed by atoms with E-state index in [9.17, 15) is 9.18 Å². The average Bonchev–Trinajstić information content (AvgIpc) is 3.35. The monoisotopic (exact) mass is 525 g/mol. The standard InChI is InChI=1S/C32H36FN5O/c1-2-24-7-11-27(12-8-24)36-19-21-37(22-20-36)32(39)25-15-17-35(18-16-25)23-31-34-29-5-3-4-6-30(29)38(31)28-13-9-26(33)10-14-28/h3-14,25H,2,15-23H2,1H3. The van der Waals surface area contributed by atoms with Crippen LogP contribution < -0.4 is 4.90 Å². The van der Waals surface area contributed by atoms with E-state index in [-0.39, 0.29) is 11.7 Å². The van der Waals surface area contributed by atoms with Gasteiger partial charge in [-0.2, -0.15) is 0 Å². The number of carbonyl (C=O) groups is 1.